The third-order valence-electron chi connectivity index (χ3n) is 3.92. The van der Waals surface area contributed by atoms with Crippen molar-refractivity contribution in [3.05, 3.63) is 35.4 Å². The van der Waals surface area contributed by atoms with Gasteiger partial charge in [-0.2, -0.15) is 0 Å². The molecule has 0 aromatic heterocycles. The van der Waals surface area contributed by atoms with Gasteiger partial charge in [0, 0.05) is 18.6 Å². The molecule has 1 unspecified atom stereocenters. The zero-order valence-electron chi connectivity index (χ0n) is 12.4. The summed E-state index contributed by atoms with van der Waals surface area (Å²) in [5.41, 5.74) is 2.05. The van der Waals surface area contributed by atoms with Crippen LogP contribution >= 0.6 is 0 Å². The number of carbonyl (C=O) groups excluding carboxylic acids is 1. The van der Waals surface area contributed by atoms with Crippen LogP contribution in [0.4, 0.5) is 0 Å². The molecule has 0 aliphatic carbocycles. The molecule has 0 radical (unpaired) electrons. The molecule has 1 heterocycles. The van der Waals surface area contributed by atoms with Crippen molar-refractivity contribution >= 4 is 5.78 Å². The van der Waals surface area contributed by atoms with E-state index in [0.29, 0.717) is 12.5 Å². The molecule has 0 spiro atoms. The lowest BCUT2D eigenvalue weighted by Gasteiger charge is -2.10. The quantitative estimate of drug-likeness (QED) is 0.741. The molecule has 3 nitrogen and oxygen atoms in total. The van der Waals surface area contributed by atoms with E-state index in [9.17, 15) is 4.79 Å². The van der Waals surface area contributed by atoms with E-state index in [1.165, 1.54) is 6.42 Å². The number of ether oxygens (including phenoxy) is 1. The Bertz CT molecular complexity index is 425. The number of benzene rings is 1. The molecular formula is C17H25NO2. The van der Waals surface area contributed by atoms with E-state index < -0.39 is 0 Å². The van der Waals surface area contributed by atoms with Gasteiger partial charge in [-0.15, -0.1) is 0 Å². The lowest BCUT2D eigenvalue weighted by molar-refractivity contribution is 0.0922. The second kappa shape index (κ2) is 8.18. The van der Waals surface area contributed by atoms with Crippen molar-refractivity contribution in [2.45, 2.75) is 44.6 Å². The van der Waals surface area contributed by atoms with Crippen LogP contribution in [0.15, 0.2) is 24.3 Å². The zero-order chi connectivity index (χ0) is 14.2. The van der Waals surface area contributed by atoms with Crippen molar-refractivity contribution in [1.82, 2.24) is 5.32 Å². The van der Waals surface area contributed by atoms with Gasteiger partial charge in [0.15, 0.2) is 5.78 Å². The number of rotatable bonds is 8. The Morgan fingerprint density at radius 1 is 1.40 bits per heavy atom. The van der Waals surface area contributed by atoms with Gasteiger partial charge in [-0.25, -0.2) is 0 Å². The molecule has 110 valence electrons. The van der Waals surface area contributed by atoms with Crippen LogP contribution in [-0.4, -0.2) is 32.1 Å². The molecule has 0 amide bonds. The highest BCUT2D eigenvalue weighted by Gasteiger charge is 2.16. The molecule has 20 heavy (non-hydrogen) atoms. The van der Waals surface area contributed by atoms with E-state index in [-0.39, 0.29) is 5.78 Å². The van der Waals surface area contributed by atoms with E-state index >= 15 is 0 Å². The summed E-state index contributed by atoms with van der Waals surface area (Å²) in [5.74, 6) is 0.273. The molecule has 2 rings (SSSR count). The van der Waals surface area contributed by atoms with Crippen molar-refractivity contribution in [3.8, 4) is 0 Å². The third-order valence-corrected chi connectivity index (χ3v) is 3.92. The predicted octanol–water partition coefficient (Wildman–Crippen LogP) is 2.98. The number of hydrogen-bond donors (Lipinski definition) is 1. The summed E-state index contributed by atoms with van der Waals surface area (Å²) in [6.07, 6.45) is 6.22. The van der Waals surface area contributed by atoms with Gasteiger partial charge in [0.2, 0.25) is 0 Å². The van der Waals surface area contributed by atoms with Gasteiger partial charge >= 0.3 is 0 Å². The summed E-state index contributed by atoms with van der Waals surface area (Å²) in [5, 5.41) is 3.13. The first kappa shape index (κ1) is 15.2. The number of ketones is 1. The largest absolute Gasteiger partial charge is 0.378 e. The van der Waals surface area contributed by atoms with Crippen molar-refractivity contribution in [1.29, 1.82) is 0 Å². The second-order valence-corrected chi connectivity index (χ2v) is 5.46. The first-order chi connectivity index (χ1) is 9.81. The molecule has 0 bridgehead atoms. The van der Waals surface area contributed by atoms with Gasteiger partial charge in [-0.1, -0.05) is 24.3 Å². The topological polar surface area (TPSA) is 38.3 Å². The standard InChI is InChI=1S/C17H25NO2/c1-18-12-11-14-6-2-3-9-16(14)17(19)10-4-7-15-8-5-13-20-15/h2-3,6,9,15,18H,4-5,7-8,10-13H2,1H3. The lowest BCUT2D eigenvalue weighted by atomic mass is 9.97. The fourth-order valence-electron chi connectivity index (χ4n) is 2.77. The van der Waals surface area contributed by atoms with Gasteiger partial charge in [0.1, 0.15) is 0 Å². The van der Waals surface area contributed by atoms with Crippen LogP contribution in [0.25, 0.3) is 0 Å². The Hall–Kier alpha value is -1.19. The first-order valence-corrected chi connectivity index (χ1v) is 7.68. The summed E-state index contributed by atoms with van der Waals surface area (Å²) >= 11 is 0. The van der Waals surface area contributed by atoms with Gasteiger partial charge < -0.3 is 10.1 Å². The molecule has 1 saturated heterocycles. The molecule has 0 saturated carbocycles. The van der Waals surface area contributed by atoms with Crippen LogP contribution in [0.1, 0.15) is 48.0 Å². The second-order valence-electron chi connectivity index (χ2n) is 5.46. The average Bonchev–Trinajstić information content (AvgIpc) is 2.98. The fourth-order valence-corrected chi connectivity index (χ4v) is 2.77. The van der Waals surface area contributed by atoms with Crippen LogP contribution in [0, 0.1) is 0 Å². The van der Waals surface area contributed by atoms with Gasteiger partial charge in [0.25, 0.3) is 0 Å². The summed E-state index contributed by atoms with van der Waals surface area (Å²) in [6.45, 7) is 1.80. The molecule has 1 atom stereocenters. The van der Waals surface area contributed by atoms with Crippen molar-refractivity contribution in [3.63, 3.8) is 0 Å². The Balaban J connectivity index is 1.84. The molecular weight excluding hydrogens is 250 g/mol. The highest BCUT2D eigenvalue weighted by Crippen LogP contribution is 2.19. The summed E-state index contributed by atoms with van der Waals surface area (Å²) < 4.78 is 5.60. The minimum absolute atomic E-state index is 0.273. The number of carbonyl (C=O) groups is 1. The average molecular weight is 275 g/mol. The number of nitrogens with one attached hydrogen (secondary N) is 1. The number of hydrogen-bond acceptors (Lipinski definition) is 3. The van der Waals surface area contributed by atoms with E-state index in [1.807, 2.05) is 25.2 Å². The molecule has 3 heteroatoms. The molecule has 1 aliphatic heterocycles. The highest BCUT2D eigenvalue weighted by molar-refractivity contribution is 5.97. The van der Waals surface area contributed by atoms with Gasteiger partial charge in [0.05, 0.1) is 6.10 Å². The molecule has 1 aliphatic rings. The van der Waals surface area contributed by atoms with E-state index in [2.05, 4.69) is 11.4 Å². The number of Topliss-reactive ketones (excluding diaryl/α,β-unsaturated/α-hetero) is 1. The Labute approximate surface area is 121 Å². The molecule has 1 aromatic rings. The Morgan fingerprint density at radius 2 is 2.25 bits per heavy atom. The van der Waals surface area contributed by atoms with Crippen LogP contribution < -0.4 is 5.32 Å². The zero-order valence-corrected chi connectivity index (χ0v) is 12.4. The van der Waals surface area contributed by atoms with Gasteiger partial charge in [-0.3, -0.25) is 4.79 Å². The lowest BCUT2D eigenvalue weighted by Crippen LogP contribution is -2.13. The van der Waals surface area contributed by atoms with Crippen molar-refractivity contribution in [2.24, 2.45) is 0 Å². The normalized spacial score (nSPS) is 18.4. The molecule has 1 N–H and O–H groups in total. The fraction of sp³-hybridized carbons (Fsp3) is 0.588. The van der Waals surface area contributed by atoms with Gasteiger partial charge in [-0.05, 0) is 51.3 Å². The third kappa shape index (κ3) is 4.43. The smallest absolute Gasteiger partial charge is 0.163 e. The summed E-state index contributed by atoms with van der Waals surface area (Å²) in [7, 11) is 1.94. The molecule has 1 fully saturated rings. The van der Waals surface area contributed by atoms with E-state index in [4.69, 9.17) is 4.74 Å². The van der Waals surface area contributed by atoms with Crippen LogP contribution in [-0.2, 0) is 11.2 Å². The Morgan fingerprint density at radius 3 is 3.00 bits per heavy atom. The minimum Gasteiger partial charge on any atom is -0.378 e. The van der Waals surface area contributed by atoms with E-state index in [0.717, 1.165) is 50.0 Å². The maximum Gasteiger partial charge on any atom is 0.163 e. The van der Waals surface area contributed by atoms with Crippen LogP contribution in [0.2, 0.25) is 0 Å². The SMILES string of the molecule is CNCCc1ccccc1C(=O)CCCC1CCCO1. The monoisotopic (exact) mass is 275 g/mol. The minimum atomic E-state index is 0.273. The summed E-state index contributed by atoms with van der Waals surface area (Å²) in [4.78, 5) is 12.3. The van der Waals surface area contributed by atoms with E-state index in [1.54, 1.807) is 0 Å². The summed E-state index contributed by atoms with van der Waals surface area (Å²) in [6, 6.07) is 7.98. The van der Waals surface area contributed by atoms with Crippen LogP contribution in [0.3, 0.4) is 0 Å². The first-order valence-electron chi connectivity index (χ1n) is 7.68. The predicted molar refractivity (Wildman–Crippen MR) is 81.2 cm³/mol. The van der Waals surface area contributed by atoms with Crippen LogP contribution in [0.5, 0.6) is 0 Å². The van der Waals surface area contributed by atoms with Crippen molar-refractivity contribution < 1.29 is 9.53 Å². The highest BCUT2D eigenvalue weighted by atomic mass is 16.5. The van der Waals surface area contributed by atoms with Crippen molar-refractivity contribution in [2.75, 3.05) is 20.2 Å². The number of likely N-dealkylation sites (N-methyl/N-ethyl adjacent to an activating group) is 1. The Kier molecular flexibility index (Phi) is 6.22. The maximum absolute atomic E-state index is 12.3. The molecule has 1 aromatic carbocycles. The maximum atomic E-state index is 12.3.